The van der Waals surface area contributed by atoms with Crippen molar-refractivity contribution in [2.24, 2.45) is 0 Å². The van der Waals surface area contributed by atoms with Gasteiger partial charge in [-0.1, -0.05) is 23.2 Å². The van der Waals surface area contributed by atoms with Crippen molar-refractivity contribution in [2.75, 3.05) is 6.61 Å². The van der Waals surface area contributed by atoms with E-state index >= 15 is 0 Å². The Hall–Kier alpha value is -1.70. The van der Waals surface area contributed by atoms with Crippen LogP contribution in [0, 0.1) is 11.3 Å². The molecule has 0 aliphatic rings. The Morgan fingerprint density at radius 1 is 1.47 bits per heavy atom. The third-order valence-corrected chi connectivity index (χ3v) is 2.64. The van der Waals surface area contributed by atoms with Gasteiger partial charge in [0.2, 0.25) is 0 Å². The minimum absolute atomic E-state index is 0.119. The van der Waals surface area contributed by atoms with Gasteiger partial charge in [-0.05, 0) is 23.8 Å². The van der Waals surface area contributed by atoms with Crippen LogP contribution in [0.2, 0.25) is 10.0 Å². The lowest BCUT2D eigenvalue weighted by Gasteiger charge is -2.08. The second-order valence-corrected chi connectivity index (χ2v) is 3.68. The Labute approximate surface area is 108 Å². The summed E-state index contributed by atoms with van der Waals surface area (Å²) in [4.78, 5) is 10.3. The van der Waals surface area contributed by atoms with Crippen LogP contribution >= 0.6 is 23.2 Å². The zero-order valence-electron chi connectivity index (χ0n) is 8.48. The summed E-state index contributed by atoms with van der Waals surface area (Å²) in [6.07, 6.45) is 2.75. The minimum atomic E-state index is -1.11. The lowest BCUT2D eigenvalue weighted by atomic mass is 10.2. The second kappa shape index (κ2) is 6.14. The van der Waals surface area contributed by atoms with E-state index in [1.807, 2.05) is 6.07 Å². The number of hydrogen-bond donors (Lipinski definition) is 1. The van der Waals surface area contributed by atoms with Crippen LogP contribution in [0.25, 0.3) is 6.08 Å². The van der Waals surface area contributed by atoms with Crippen molar-refractivity contribution in [1.82, 2.24) is 0 Å². The van der Waals surface area contributed by atoms with E-state index < -0.39 is 12.6 Å². The van der Waals surface area contributed by atoms with E-state index in [2.05, 4.69) is 0 Å². The number of carbonyl (C=O) groups is 1. The lowest BCUT2D eigenvalue weighted by Crippen LogP contribution is -2.09. The fourth-order valence-electron chi connectivity index (χ4n) is 1.05. The van der Waals surface area contributed by atoms with Crippen LogP contribution in [0.5, 0.6) is 5.75 Å². The molecule has 0 spiro atoms. The number of allylic oxidation sites excluding steroid dienone is 1. The molecule has 6 heteroatoms. The van der Waals surface area contributed by atoms with E-state index in [9.17, 15) is 4.79 Å². The van der Waals surface area contributed by atoms with Gasteiger partial charge in [0.05, 0.1) is 11.1 Å². The normalized spacial score (nSPS) is 10.2. The molecule has 17 heavy (non-hydrogen) atoms. The highest BCUT2D eigenvalue weighted by molar-refractivity contribution is 6.43. The van der Waals surface area contributed by atoms with Crippen molar-refractivity contribution >= 4 is 35.2 Å². The first-order valence-corrected chi connectivity index (χ1v) is 5.20. The molecule has 88 valence electrons. The number of hydrogen-bond acceptors (Lipinski definition) is 3. The maximum absolute atomic E-state index is 10.3. The molecule has 0 aromatic heterocycles. The lowest BCUT2D eigenvalue weighted by molar-refractivity contribution is -0.139. The second-order valence-electron chi connectivity index (χ2n) is 2.93. The van der Waals surface area contributed by atoms with Crippen molar-refractivity contribution < 1.29 is 14.6 Å². The molecule has 0 saturated heterocycles. The molecular weight excluding hydrogens is 265 g/mol. The summed E-state index contributed by atoms with van der Waals surface area (Å²) < 4.78 is 4.93. The average molecular weight is 272 g/mol. The van der Waals surface area contributed by atoms with Gasteiger partial charge in [-0.15, -0.1) is 0 Å². The summed E-state index contributed by atoms with van der Waals surface area (Å²) in [7, 11) is 0. The summed E-state index contributed by atoms with van der Waals surface area (Å²) in [5.74, 6) is -0.918. The number of nitrogens with zero attached hydrogens (tertiary/aromatic N) is 1. The maximum atomic E-state index is 10.3. The number of ether oxygens (including phenoxy) is 1. The zero-order chi connectivity index (χ0) is 12.8. The van der Waals surface area contributed by atoms with Gasteiger partial charge in [0.25, 0.3) is 0 Å². The molecule has 0 radical (unpaired) electrons. The zero-order valence-corrected chi connectivity index (χ0v) is 10.00. The monoisotopic (exact) mass is 271 g/mol. The number of nitriles is 1. The van der Waals surface area contributed by atoms with Gasteiger partial charge >= 0.3 is 5.97 Å². The van der Waals surface area contributed by atoms with E-state index in [4.69, 9.17) is 38.3 Å². The Morgan fingerprint density at radius 2 is 2.18 bits per heavy atom. The van der Waals surface area contributed by atoms with E-state index in [0.717, 1.165) is 0 Å². The van der Waals surface area contributed by atoms with Crippen molar-refractivity contribution in [1.29, 1.82) is 5.26 Å². The third kappa shape index (κ3) is 3.66. The van der Waals surface area contributed by atoms with Crippen LogP contribution in [-0.2, 0) is 4.79 Å². The van der Waals surface area contributed by atoms with Crippen LogP contribution < -0.4 is 4.74 Å². The Morgan fingerprint density at radius 3 is 2.76 bits per heavy atom. The van der Waals surface area contributed by atoms with Crippen molar-refractivity contribution in [3.63, 3.8) is 0 Å². The van der Waals surface area contributed by atoms with Gasteiger partial charge < -0.3 is 9.84 Å². The summed E-state index contributed by atoms with van der Waals surface area (Å²) in [6, 6.07) is 4.90. The first-order chi connectivity index (χ1) is 8.06. The number of aliphatic carboxylic acids is 1. The standard InChI is InChI=1S/C11H7Cl2NO3/c12-10-7(2-1-5-14)3-4-8(11(10)13)17-6-9(15)16/h1-4H,6H2,(H,15,16). The molecule has 1 N–H and O–H groups in total. The molecule has 0 aliphatic heterocycles. The quantitative estimate of drug-likeness (QED) is 0.855. The largest absolute Gasteiger partial charge is 0.480 e. The highest BCUT2D eigenvalue weighted by atomic mass is 35.5. The molecule has 4 nitrogen and oxygen atoms in total. The molecular formula is C11H7Cl2NO3. The number of halogens is 2. The van der Waals surface area contributed by atoms with Crippen molar-refractivity contribution in [2.45, 2.75) is 0 Å². The predicted molar refractivity (Wildman–Crippen MR) is 64.2 cm³/mol. The van der Waals surface area contributed by atoms with E-state index in [-0.39, 0.29) is 15.8 Å². The Balaban J connectivity index is 2.98. The summed E-state index contributed by atoms with van der Waals surface area (Å²) >= 11 is 11.8. The van der Waals surface area contributed by atoms with Crippen LogP contribution in [0.3, 0.4) is 0 Å². The van der Waals surface area contributed by atoms with Crippen molar-refractivity contribution in [3.8, 4) is 11.8 Å². The van der Waals surface area contributed by atoms with Crippen LogP contribution in [0.1, 0.15) is 5.56 Å². The molecule has 0 saturated carbocycles. The number of carboxylic acid groups (broad SMARTS) is 1. The van der Waals surface area contributed by atoms with Gasteiger partial charge in [-0.3, -0.25) is 0 Å². The fourth-order valence-corrected chi connectivity index (χ4v) is 1.50. The highest BCUT2D eigenvalue weighted by Gasteiger charge is 2.10. The summed E-state index contributed by atoms with van der Waals surface area (Å²) in [6.45, 7) is -0.497. The first kappa shape index (κ1) is 13.4. The van der Waals surface area contributed by atoms with Crippen LogP contribution in [0.15, 0.2) is 18.2 Å². The smallest absolute Gasteiger partial charge is 0.341 e. The molecule has 0 unspecified atom stereocenters. The third-order valence-electron chi connectivity index (χ3n) is 1.77. The summed E-state index contributed by atoms with van der Waals surface area (Å²) in [5, 5.41) is 17.2. The highest BCUT2D eigenvalue weighted by Crippen LogP contribution is 2.35. The fraction of sp³-hybridized carbons (Fsp3) is 0.0909. The van der Waals surface area contributed by atoms with Gasteiger partial charge in [0.15, 0.2) is 6.61 Å². The molecule has 0 atom stereocenters. The minimum Gasteiger partial charge on any atom is -0.480 e. The van der Waals surface area contributed by atoms with E-state index in [1.165, 1.54) is 18.2 Å². The summed E-state index contributed by atoms with van der Waals surface area (Å²) in [5.41, 5.74) is 0.556. The number of carboxylic acids is 1. The molecule has 1 aromatic rings. The van der Waals surface area contributed by atoms with Crippen molar-refractivity contribution in [3.05, 3.63) is 33.8 Å². The maximum Gasteiger partial charge on any atom is 0.341 e. The molecule has 0 amide bonds. The molecule has 0 bridgehead atoms. The molecule has 0 fully saturated rings. The first-order valence-electron chi connectivity index (χ1n) is 4.45. The topological polar surface area (TPSA) is 70.3 Å². The van der Waals surface area contributed by atoms with E-state index in [1.54, 1.807) is 6.07 Å². The molecule has 0 heterocycles. The Bertz CT molecular complexity index is 506. The van der Waals surface area contributed by atoms with Crippen LogP contribution in [0.4, 0.5) is 0 Å². The van der Waals surface area contributed by atoms with Gasteiger partial charge in [-0.2, -0.15) is 5.26 Å². The van der Waals surface area contributed by atoms with Gasteiger partial charge in [-0.25, -0.2) is 4.79 Å². The van der Waals surface area contributed by atoms with Gasteiger partial charge in [0, 0.05) is 6.08 Å². The SMILES string of the molecule is N#CC=Cc1ccc(OCC(=O)O)c(Cl)c1Cl. The predicted octanol–water partition coefficient (Wildman–Crippen LogP) is 2.99. The van der Waals surface area contributed by atoms with Gasteiger partial charge in [0.1, 0.15) is 10.8 Å². The number of rotatable bonds is 4. The number of benzene rings is 1. The van der Waals surface area contributed by atoms with E-state index in [0.29, 0.717) is 5.56 Å². The molecule has 0 aliphatic carbocycles. The molecule has 1 aromatic carbocycles. The molecule has 1 rings (SSSR count). The van der Waals surface area contributed by atoms with Crippen LogP contribution in [-0.4, -0.2) is 17.7 Å². The Kier molecular flexibility index (Phi) is 4.83. The average Bonchev–Trinajstić information content (AvgIpc) is 2.29.